The lowest BCUT2D eigenvalue weighted by Crippen LogP contribution is -2.43. The number of rotatable bonds is 3. The van der Waals surface area contributed by atoms with Crippen LogP contribution in [-0.2, 0) is 4.43 Å². The predicted molar refractivity (Wildman–Crippen MR) is 71.0 cm³/mol. The lowest BCUT2D eigenvalue weighted by Gasteiger charge is -2.14. The second kappa shape index (κ2) is 5.10. The Bertz CT molecular complexity index is 436. The molecule has 2 rings (SSSR count). The molecule has 16 heavy (non-hydrogen) atoms. The molecular weight excluding hydrogens is 212 g/mol. The molecule has 0 aliphatic heterocycles. The minimum absolute atomic E-state index is 1.29. The molecule has 0 amide bonds. The Morgan fingerprint density at radius 2 is 1.38 bits per heavy atom. The summed E-state index contributed by atoms with van der Waals surface area (Å²) in [6.07, 6.45) is 0. The van der Waals surface area contributed by atoms with Gasteiger partial charge in [-0.3, -0.25) is 0 Å². The summed E-state index contributed by atoms with van der Waals surface area (Å²) in [5.41, 5.74) is 1.29. The Balaban J connectivity index is 2.33. The zero-order chi connectivity index (χ0) is 11.4. The fraction of sp³-hybridized carbons (Fsp3) is 0.143. The van der Waals surface area contributed by atoms with Crippen LogP contribution in [0, 0.1) is 6.92 Å². The van der Waals surface area contributed by atoms with E-state index in [0.717, 1.165) is 0 Å². The fourth-order valence-corrected chi connectivity index (χ4v) is 3.88. The van der Waals surface area contributed by atoms with Gasteiger partial charge in [0.1, 0.15) is 0 Å². The highest BCUT2D eigenvalue weighted by Gasteiger charge is 2.15. The van der Waals surface area contributed by atoms with Gasteiger partial charge < -0.3 is 4.43 Å². The molecule has 1 nitrogen and oxygen atoms in total. The van der Waals surface area contributed by atoms with Crippen molar-refractivity contribution in [1.82, 2.24) is 0 Å². The molecule has 0 radical (unpaired) electrons. The van der Waals surface area contributed by atoms with Gasteiger partial charge in [-0.2, -0.15) is 0 Å². The molecule has 1 unspecified atom stereocenters. The van der Waals surface area contributed by atoms with Gasteiger partial charge >= 0.3 is 0 Å². The molecule has 2 aromatic rings. The van der Waals surface area contributed by atoms with Gasteiger partial charge in [-0.15, -0.1) is 0 Å². The Hall–Kier alpha value is -1.38. The second-order valence-electron chi connectivity index (χ2n) is 3.94. The molecule has 0 aliphatic rings. The number of aryl methyl sites for hydroxylation is 1. The van der Waals surface area contributed by atoms with Crippen molar-refractivity contribution < 1.29 is 4.43 Å². The van der Waals surface area contributed by atoms with E-state index >= 15 is 0 Å². The maximum absolute atomic E-state index is 5.70. The second-order valence-corrected chi connectivity index (χ2v) is 6.50. The van der Waals surface area contributed by atoms with E-state index in [2.05, 4.69) is 55.5 Å². The Kier molecular flexibility index (Phi) is 3.54. The standard InChI is InChI=1S/C14H16OSi/c1-12-8-10-14(11-9-12)16(15-2)13-6-4-3-5-7-13/h3-11,16H,1-2H3. The van der Waals surface area contributed by atoms with Crippen molar-refractivity contribution in [2.24, 2.45) is 0 Å². The quantitative estimate of drug-likeness (QED) is 0.723. The fourth-order valence-electron chi connectivity index (χ4n) is 1.83. The molecule has 1 atom stereocenters. The van der Waals surface area contributed by atoms with Crippen molar-refractivity contribution in [1.29, 1.82) is 0 Å². The number of benzene rings is 2. The highest BCUT2D eigenvalue weighted by molar-refractivity contribution is 6.79. The van der Waals surface area contributed by atoms with Gasteiger partial charge in [-0.05, 0) is 17.3 Å². The van der Waals surface area contributed by atoms with Crippen LogP contribution in [0.25, 0.3) is 0 Å². The zero-order valence-corrected chi connectivity index (χ0v) is 10.8. The first-order valence-electron chi connectivity index (χ1n) is 5.45. The highest BCUT2D eigenvalue weighted by atomic mass is 28.3. The smallest absolute Gasteiger partial charge is 0.239 e. The van der Waals surface area contributed by atoms with Crippen LogP contribution in [0.3, 0.4) is 0 Å². The Morgan fingerprint density at radius 1 is 0.812 bits per heavy atom. The van der Waals surface area contributed by atoms with E-state index < -0.39 is 9.04 Å². The third kappa shape index (κ3) is 2.40. The van der Waals surface area contributed by atoms with Crippen LogP contribution in [0.2, 0.25) is 0 Å². The van der Waals surface area contributed by atoms with Crippen LogP contribution >= 0.6 is 0 Å². The van der Waals surface area contributed by atoms with Gasteiger partial charge in [-0.25, -0.2) is 0 Å². The minimum atomic E-state index is -1.45. The summed E-state index contributed by atoms with van der Waals surface area (Å²) < 4.78 is 5.70. The molecule has 0 N–H and O–H groups in total. The predicted octanol–water partition coefficient (Wildman–Crippen LogP) is 1.48. The molecule has 0 spiro atoms. The SMILES string of the molecule is CO[SiH](c1ccccc1)c1ccc(C)cc1. The molecule has 2 heteroatoms. The summed E-state index contributed by atoms with van der Waals surface area (Å²) in [7, 11) is 0.359. The monoisotopic (exact) mass is 228 g/mol. The molecule has 0 heterocycles. The van der Waals surface area contributed by atoms with E-state index in [1.54, 1.807) is 0 Å². The molecule has 0 fully saturated rings. The van der Waals surface area contributed by atoms with E-state index in [1.807, 2.05) is 13.2 Å². The molecular formula is C14H16OSi. The van der Waals surface area contributed by atoms with Gasteiger partial charge in [0.05, 0.1) is 0 Å². The van der Waals surface area contributed by atoms with Crippen LogP contribution in [0.5, 0.6) is 0 Å². The molecule has 0 aromatic heterocycles. The molecule has 0 aliphatic carbocycles. The largest absolute Gasteiger partial charge is 0.414 e. The molecule has 2 aromatic carbocycles. The maximum atomic E-state index is 5.70. The zero-order valence-electron chi connectivity index (χ0n) is 9.68. The summed E-state index contributed by atoms with van der Waals surface area (Å²) in [5.74, 6) is 0. The lowest BCUT2D eigenvalue weighted by atomic mass is 10.2. The van der Waals surface area contributed by atoms with Crippen molar-refractivity contribution in [3.63, 3.8) is 0 Å². The van der Waals surface area contributed by atoms with Crippen LogP contribution < -0.4 is 10.4 Å². The molecule has 0 bridgehead atoms. The average molecular weight is 228 g/mol. The first-order valence-corrected chi connectivity index (χ1v) is 7.08. The van der Waals surface area contributed by atoms with Gasteiger partial charge in [0, 0.05) is 7.11 Å². The lowest BCUT2D eigenvalue weighted by molar-refractivity contribution is 0.439. The van der Waals surface area contributed by atoms with Crippen molar-refractivity contribution in [3.05, 3.63) is 60.2 Å². The first-order chi connectivity index (χ1) is 7.81. The summed E-state index contributed by atoms with van der Waals surface area (Å²) in [4.78, 5) is 0. The number of hydrogen-bond acceptors (Lipinski definition) is 1. The summed E-state index contributed by atoms with van der Waals surface area (Å²) in [6.45, 7) is 2.11. The van der Waals surface area contributed by atoms with E-state index in [0.29, 0.717) is 0 Å². The van der Waals surface area contributed by atoms with E-state index in [4.69, 9.17) is 4.43 Å². The average Bonchev–Trinajstić information content (AvgIpc) is 2.34. The van der Waals surface area contributed by atoms with Crippen molar-refractivity contribution in [2.75, 3.05) is 7.11 Å². The molecule has 0 saturated heterocycles. The summed E-state index contributed by atoms with van der Waals surface area (Å²) in [6, 6.07) is 19.2. The van der Waals surface area contributed by atoms with Crippen molar-refractivity contribution in [3.8, 4) is 0 Å². The third-order valence-corrected chi connectivity index (χ3v) is 5.17. The highest BCUT2D eigenvalue weighted by Crippen LogP contribution is 1.97. The van der Waals surface area contributed by atoms with Crippen LogP contribution in [0.4, 0.5) is 0 Å². The van der Waals surface area contributed by atoms with Gasteiger partial charge in [-0.1, -0.05) is 60.2 Å². The molecule has 82 valence electrons. The summed E-state index contributed by atoms with van der Waals surface area (Å²) in [5, 5.41) is 2.66. The number of hydrogen-bond donors (Lipinski definition) is 0. The van der Waals surface area contributed by atoms with E-state index in [1.165, 1.54) is 15.9 Å². The Morgan fingerprint density at radius 3 is 1.94 bits per heavy atom. The maximum Gasteiger partial charge on any atom is 0.239 e. The van der Waals surface area contributed by atoms with Gasteiger partial charge in [0.15, 0.2) is 0 Å². The van der Waals surface area contributed by atoms with Crippen LogP contribution in [-0.4, -0.2) is 16.2 Å². The minimum Gasteiger partial charge on any atom is -0.414 e. The van der Waals surface area contributed by atoms with Crippen LogP contribution in [0.1, 0.15) is 5.56 Å². The normalized spacial score (nSPS) is 12.4. The summed E-state index contributed by atoms with van der Waals surface area (Å²) >= 11 is 0. The van der Waals surface area contributed by atoms with Crippen molar-refractivity contribution >= 4 is 19.4 Å². The molecule has 0 saturated carbocycles. The van der Waals surface area contributed by atoms with E-state index in [9.17, 15) is 0 Å². The Labute approximate surface area is 98.4 Å². The third-order valence-electron chi connectivity index (χ3n) is 2.72. The first kappa shape index (κ1) is 11.1. The topological polar surface area (TPSA) is 9.23 Å². The van der Waals surface area contributed by atoms with E-state index in [-0.39, 0.29) is 0 Å². The van der Waals surface area contributed by atoms with Gasteiger partial charge in [0.25, 0.3) is 0 Å². The van der Waals surface area contributed by atoms with Gasteiger partial charge in [0.2, 0.25) is 9.04 Å². The van der Waals surface area contributed by atoms with Crippen LogP contribution in [0.15, 0.2) is 54.6 Å². The van der Waals surface area contributed by atoms with Crippen molar-refractivity contribution in [2.45, 2.75) is 6.92 Å².